The van der Waals surface area contributed by atoms with Crippen molar-refractivity contribution in [2.24, 2.45) is 0 Å². The Hall–Kier alpha value is -0.360. The van der Waals surface area contributed by atoms with Gasteiger partial charge in [0, 0.05) is 6.42 Å². The summed E-state index contributed by atoms with van der Waals surface area (Å²) in [4.78, 5) is 10.1. The van der Waals surface area contributed by atoms with Gasteiger partial charge in [-0.05, 0) is 6.42 Å². The van der Waals surface area contributed by atoms with Crippen LogP contribution in [0.2, 0.25) is 0 Å². The van der Waals surface area contributed by atoms with Crippen LogP contribution in [-0.4, -0.2) is 22.9 Å². The number of rotatable bonds is 3. The molecule has 11 heavy (non-hydrogen) atoms. The van der Waals surface area contributed by atoms with Crippen LogP contribution in [0.25, 0.3) is 0 Å². The van der Waals surface area contributed by atoms with Crippen LogP contribution in [0.15, 0.2) is 0 Å². The van der Waals surface area contributed by atoms with Gasteiger partial charge in [0.25, 0.3) is 0 Å². The molecule has 5 nitrogen and oxygen atoms in total. The van der Waals surface area contributed by atoms with Crippen molar-refractivity contribution in [2.45, 2.75) is 24.6 Å². The van der Waals surface area contributed by atoms with Gasteiger partial charge < -0.3 is 5.11 Å². The summed E-state index contributed by atoms with van der Waals surface area (Å²) in [6.07, 6.45) is 0.607. The van der Waals surface area contributed by atoms with E-state index in [-0.39, 0.29) is 18.2 Å². The molecular formula is C5H10ClN3O2. The number of nitrogens with one attached hydrogen (secondary N) is 3. The van der Waals surface area contributed by atoms with Crippen molar-refractivity contribution in [3.8, 4) is 0 Å². The first kappa shape index (κ1) is 8.73. The highest BCUT2D eigenvalue weighted by atomic mass is 35.5. The summed E-state index contributed by atoms with van der Waals surface area (Å²) in [6, 6.07) is 0. The first-order chi connectivity index (χ1) is 5.18. The van der Waals surface area contributed by atoms with E-state index in [1.54, 1.807) is 0 Å². The molecule has 6 heteroatoms. The van der Waals surface area contributed by atoms with Crippen LogP contribution >= 0.6 is 11.6 Å². The molecule has 0 aromatic rings. The smallest absolute Gasteiger partial charge is 0.303 e. The van der Waals surface area contributed by atoms with Crippen LogP contribution < -0.4 is 16.2 Å². The zero-order valence-electron chi connectivity index (χ0n) is 5.80. The van der Waals surface area contributed by atoms with Crippen LogP contribution in [0, 0.1) is 0 Å². The monoisotopic (exact) mass is 179 g/mol. The molecule has 1 heterocycles. The molecular weight excluding hydrogens is 170 g/mol. The predicted octanol–water partition coefficient (Wildman–Crippen LogP) is -0.603. The largest absolute Gasteiger partial charge is 0.481 e. The summed E-state index contributed by atoms with van der Waals surface area (Å²) < 4.78 is 0. The maximum Gasteiger partial charge on any atom is 0.303 e. The van der Waals surface area contributed by atoms with Crippen molar-refractivity contribution in [3.63, 3.8) is 0 Å². The van der Waals surface area contributed by atoms with E-state index >= 15 is 0 Å². The van der Waals surface area contributed by atoms with Crippen LogP contribution in [0.4, 0.5) is 0 Å². The first-order valence-electron chi connectivity index (χ1n) is 3.31. The topological polar surface area (TPSA) is 73.4 Å². The zero-order valence-corrected chi connectivity index (χ0v) is 6.56. The molecule has 64 valence electrons. The number of carboxylic acid groups (broad SMARTS) is 1. The minimum absolute atomic E-state index is 0.0476. The fraction of sp³-hybridized carbons (Fsp3) is 0.800. The summed E-state index contributed by atoms with van der Waals surface area (Å²) in [7, 11) is 0. The van der Waals surface area contributed by atoms with Crippen LogP contribution in [0.3, 0.4) is 0 Å². The molecule has 1 saturated heterocycles. The Bertz CT molecular complexity index is 155. The normalized spacial score (nSPS) is 30.6. The van der Waals surface area contributed by atoms with Crippen molar-refractivity contribution in [1.82, 2.24) is 16.2 Å². The predicted molar refractivity (Wildman–Crippen MR) is 39.7 cm³/mol. The number of halogens is 1. The van der Waals surface area contributed by atoms with Crippen molar-refractivity contribution >= 4 is 17.6 Å². The molecule has 1 rings (SSSR count). The second-order valence-electron chi connectivity index (χ2n) is 2.30. The molecule has 0 saturated carbocycles. The van der Waals surface area contributed by atoms with E-state index in [0.717, 1.165) is 0 Å². The van der Waals surface area contributed by atoms with Gasteiger partial charge in [-0.3, -0.25) is 10.1 Å². The second-order valence-corrected chi connectivity index (χ2v) is 2.74. The average molecular weight is 180 g/mol. The molecule has 0 aromatic heterocycles. The maximum atomic E-state index is 10.1. The Morgan fingerprint density at radius 2 is 2.27 bits per heavy atom. The summed E-state index contributed by atoms with van der Waals surface area (Å²) >= 11 is 5.59. The Morgan fingerprint density at radius 3 is 2.73 bits per heavy atom. The Morgan fingerprint density at radius 1 is 1.55 bits per heavy atom. The number of hydrazine groups is 1. The summed E-state index contributed by atoms with van der Waals surface area (Å²) in [6.45, 7) is 0. The molecule has 0 aromatic carbocycles. The fourth-order valence-corrected chi connectivity index (χ4v) is 1.07. The van der Waals surface area contributed by atoms with Gasteiger partial charge in [-0.2, -0.15) is 0 Å². The standard InChI is InChI=1S/C5H10ClN3O2/c6-5-7-3(8-9-5)1-2-4(10)11/h3,5,7-9H,1-2H2,(H,10,11). The van der Waals surface area contributed by atoms with Gasteiger partial charge in [0.05, 0.1) is 6.17 Å². The van der Waals surface area contributed by atoms with Crippen LogP contribution in [0.5, 0.6) is 0 Å². The Labute approximate surface area is 69.1 Å². The number of aliphatic carboxylic acids is 1. The van der Waals surface area contributed by atoms with Crippen molar-refractivity contribution in [1.29, 1.82) is 0 Å². The van der Waals surface area contributed by atoms with E-state index in [0.29, 0.717) is 6.42 Å². The molecule has 1 fully saturated rings. The molecule has 2 atom stereocenters. The lowest BCUT2D eigenvalue weighted by atomic mass is 10.3. The van der Waals surface area contributed by atoms with E-state index in [9.17, 15) is 4.79 Å². The fourth-order valence-electron chi connectivity index (χ4n) is 0.857. The lowest BCUT2D eigenvalue weighted by Gasteiger charge is -2.06. The molecule has 1 aliphatic heterocycles. The minimum atomic E-state index is -0.799. The van der Waals surface area contributed by atoms with Gasteiger partial charge in [-0.1, -0.05) is 11.6 Å². The van der Waals surface area contributed by atoms with Crippen LogP contribution in [-0.2, 0) is 4.79 Å². The molecule has 0 spiro atoms. The summed E-state index contributed by atoms with van der Waals surface area (Å²) in [5.41, 5.74) is 5.20. The molecule has 0 bridgehead atoms. The van der Waals surface area contributed by atoms with Gasteiger partial charge in [0.15, 0.2) is 0 Å². The average Bonchev–Trinajstić information content (AvgIpc) is 2.31. The van der Waals surface area contributed by atoms with Gasteiger partial charge in [-0.25, -0.2) is 10.9 Å². The molecule has 0 amide bonds. The summed E-state index contributed by atoms with van der Waals surface area (Å²) in [5, 5.41) is 11.2. The highest BCUT2D eigenvalue weighted by Gasteiger charge is 2.20. The van der Waals surface area contributed by atoms with Gasteiger partial charge >= 0.3 is 5.97 Å². The maximum absolute atomic E-state index is 10.1. The quantitative estimate of drug-likeness (QED) is 0.344. The second kappa shape index (κ2) is 3.87. The Kier molecular flexibility index (Phi) is 3.07. The van der Waals surface area contributed by atoms with Gasteiger partial charge in [-0.15, -0.1) is 0 Å². The van der Waals surface area contributed by atoms with E-state index < -0.39 is 5.97 Å². The number of hydrogen-bond acceptors (Lipinski definition) is 4. The molecule has 0 aliphatic carbocycles. The first-order valence-corrected chi connectivity index (χ1v) is 3.75. The van der Waals surface area contributed by atoms with Crippen molar-refractivity contribution in [2.75, 3.05) is 0 Å². The number of carbonyl (C=O) groups is 1. The van der Waals surface area contributed by atoms with Crippen LogP contribution in [0.1, 0.15) is 12.8 Å². The van der Waals surface area contributed by atoms with Gasteiger partial charge in [0.1, 0.15) is 5.62 Å². The highest BCUT2D eigenvalue weighted by molar-refractivity contribution is 6.20. The third-order valence-electron chi connectivity index (χ3n) is 1.38. The molecule has 0 radical (unpaired) electrons. The minimum Gasteiger partial charge on any atom is -0.481 e. The lowest BCUT2D eigenvalue weighted by molar-refractivity contribution is -0.137. The van der Waals surface area contributed by atoms with E-state index in [4.69, 9.17) is 16.7 Å². The highest BCUT2D eigenvalue weighted by Crippen LogP contribution is 2.00. The van der Waals surface area contributed by atoms with Crippen molar-refractivity contribution in [3.05, 3.63) is 0 Å². The van der Waals surface area contributed by atoms with E-state index in [1.807, 2.05) is 0 Å². The Balaban J connectivity index is 2.13. The lowest BCUT2D eigenvalue weighted by Crippen LogP contribution is -2.33. The number of alkyl halides is 1. The van der Waals surface area contributed by atoms with Crippen molar-refractivity contribution < 1.29 is 9.90 Å². The third-order valence-corrected chi connectivity index (χ3v) is 1.61. The van der Waals surface area contributed by atoms with Gasteiger partial charge in [0.2, 0.25) is 0 Å². The molecule has 4 N–H and O–H groups in total. The molecule has 1 aliphatic rings. The number of carboxylic acids is 1. The number of hydrogen-bond donors (Lipinski definition) is 4. The van der Waals surface area contributed by atoms with E-state index in [2.05, 4.69) is 16.2 Å². The zero-order chi connectivity index (χ0) is 8.27. The molecule has 2 unspecified atom stereocenters. The third kappa shape index (κ3) is 3.02. The SMILES string of the molecule is O=C(O)CCC1NNC(Cl)N1. The van der Waals surface area contributed by atoms with E-state index in [1.165, 1.54) is 0 Å². The summed E-state index contributed by atoms with van der Waals surface area (Å²) in [5.74, 6) is -0.799.